The Hall–Kier alpha value is -2.75. The smallest absolute Gasteiger partial charge is 0.342 e. The van der Waals surface area contributed by atoms with Crippen LogP contribution >= 0.6 is 0 Å². The van der Waals surface area contributed by atoms with Crippen LogP contribution in [0.3, 0.4) is 0 Å². The number of fused-ring (bicyclic) bond motifs is 2. The molecular weight excluding hydrogens is 447 g/mol. The van der Waals surface area contributed by atoms with Gasteiger partial charge in [0.1, 0.15) is 29.3 Å². The first kappa shape index (κ1) is 25.9. The summed E-state index contributed by atoms with van der Waals surface area (Å²) in [6, 6.07) is 3.16. The second-order valence-corrected chi connectivity index (χ2v) is 8.81. The molecule has 2 aliphatic heterocycles. The second kappa shape index (κ2) is 10.2. The summed E-state index contributed by atoms with van der Waals surface area (Å²) in [4.78, 5) is 26.0. The van der Waals surface area contributed by atoms with Crippen molar-refractivity contribution in [1.29, 1.82) is 0 Å². The van der Waals surface area contributed by atoms with Gasteiger partial charge in [0.25, 0.3) is 0 Å². The summed E-state index contributed by atoms with van der Waals surface area (Å²) in [5, 5.41) is 0. The van der Waals surface area contributed by atoms with E-state index in [-0.39, 0.29) is 18.1 Å². The number of benzene rings is 1. The van der Waals surface area contributed by atoms with Gasteiger partial charge >= 0.3 is 5.97 Å². The molecule has 4 atom stereocenters. The number of alkyl halides is 1. The molecule has 0 N–H and O–H groups in total. The van der Waals surface area contributed by atoms with Crippen molar-refractivity contribution in [3.63, 3.8) is 0 Å². The van der Waals surface area contributed by atoms with E-state index in [1.165, 1.54) is 34.1 Å². The van der Waals surface area contributed by atoms with Crippen LogP contribution in [0.5, 0.6) is 11.5 Å². The molecule has 0 aliphatic carbocycles. The van der Waals surface area contributed by atoms with Crippen LogP contribution in [0.1, 0.15) is 50.0 Å². The zero-order chi connectivity index (χ0) is 25.1. The minimum Gasteiger partial charge on any atom is -0.497 e. The maximum absolute atomic E-state index is 15.4. The fourth-order valence-electron chi connectivity index (χ4n) is 3.70. The predicted molar refractivity (Wildman–Crippen MR) is 122 cm³/mol. The lowest BCUT2D eigenvalue weighted by atomic mass is 9.98. The molecule has 4 unspecified atom stereocenters. The largest absolute Gasteiger partial charge is 0.497 e. The van der Waals surface area contributed by atoms with Crippen molar-refractivity contribution in [3.05, 3.63) is 41.5 Å². The maximum Gasteiger partial charge on any atom is 0.342 e. The Morgan fingerprint density at radius 2 is 1.85 bits per heavy atom. The summed E-state index contributed by atoms with van der Waals surface area (Å²) < 4.78 is 48.5. The van der Waals surface area contributed by atoms with E-state index >= 15 is 4.39 Å². The third kappa shape index (κ3) is 5.84. The number of halogens is 1. The van der Waals surface area contributed by atoms with Crippen molar-refractivity contribution in [2.75, 3.05) is 21.0 Å². The average Bonchev–Trinajstić information content (AvgIpc) is 3.09. The highest BCUT2D eigenvalue weighted by Gasteiger charge is 2.44. The van der Waals surface area contributed by atoms with Gasteiger partial charge in [0.2, 0.25) is 0 Å². The standard InChI is InChI=1S/C25H31FO8/c1-15-25(4,26)11-10-18(27)22-19(33-24(2,3)34-22)9-7-8-16-12-17(30-6)13-20(31-14-29-5)21(16)23(28)32-15/h7-8,10-13,15,19,22H,9,14H2,1-6H3/b8-7?,11-10-. The Morgan fingerprint density at radius 1 is 1.12 bits per heavy atom. The first-order valence-corrected chi connectivity index (χ1v) is 11.0. The summed E-state index contributed by atoms with van der Waals surface area (Å²) in [6.07, 6.45) is 3.23. The van der Waals surface area contributed by atoms with Crippen LogP contribution in [-0.2, 0) is 23.7 Å². The van der Waals surface area contributed by atoms with Crippen LogP contribution in [0.15, 0.2) is 30.4 Å². The summed E-state index contributed by atoms with van der Waals surface area (Å²) >= 11 is 0. The van der Waals surface area contributed by atoms with Gasteiger partial charge < -0.3 is 28.4 Å². The predicted octanol–water partition coefficient (Wildman–Crippen LogP) is 4.01. The molecule has 0 radical (unpaired) electrons. The Kier molecular flexibility index (Phi) is 7.80. The molecule has 9 heteroatoms. The van der Waals surface area contributed by atoms with E-state index in [0.29, 0.717) is 17.7 Å². The molecule has 1 fully saturated rings. The van der Waals surface area contributed by atoms with Crippen LogP contribution in [0.25, 0.3) is 6.08 Å². The molecule has 0 amide bonds. The van der Waals surface area contributed by atoms with Gasteiger partial charge in [-0.05, 0) is 57.9 Å². The van der Waals surface area contributed by atoms with E-state index in [1.807, 2.05) is 0 Å². The number of carbonyl (C=O) groups is 2. The summed E-state index contributed by atoms with van der Waals surface area (Å²) in [5.74, 6) is -1.60. The third-order valence-corrected chi connectivity index (χ3v) is 5.66. The molecule has 0 spiro atoms. The number of hydrogen-bond acceptors (Lipinski definition) is 8. The molecule has 1 aromatic rings. The minimum absolute atomic E-state index is 0.0920. The van der Waals surface area contributed by atoms with Crippen molar-refractivity contribution < 1.29 is 42.4 Å². The fourth-order valence-corrected chi connectivity index (χ4v) is 3.70. The van der Waals surface area contributed by atoms with Crippen molar-refractivity contribution >= 4 is 17.8 Å². The molecule has 2 aliphatic rings. The number of ketones is 1. The van der Waals surface area contributed by atoms with E-state index in [1.54, 1.807) is 32.1 Å². The van der Waals surface area contributed by atoms with Gasteiger partial charge in [-0.15, -0.1) is 0 Å². The Bertz CT molecular complexity index is 981. The van der Waals surface area contributed by atoms with Gasteiger partial charge in [0, 0.05) is 13.2 Å². The lowest BCUT2D eigenvalue weighted by Crippen LogP contribution is -2.36. The molecule has 1 saturated heterocycles. The second-order valence-electron chi connectivity index (χ2n) is 8.81. The first-order valence-electron chi connectivity index (χ1n) is 11.0. The Morgan fingerprint density at radius 3 is 2.53 bits per heavy atom. The van der Waals surface area contributed by atoms with E-state index in [0.717, 1.165) is 12.2 Å². The van der Waals surface area contributed by atoms with Crippen molar-refractivity contribution in [2.45, 2.75) is 63.9 Å². The summed E-state index contributed by atoms with van der Waals surface area (Å²) in [5.41, 5.74) is -1.61. The summed E-state index contributed by atoms with van der Waals surface area (Å²) in [6.45, 7) is 5.94. The molecule has 0 saturated carbocycles. The highest BCUT2D eigenvalue weighted by Crippen LogP contribution is 2.35. The molecule has 186 valence electrons. The number of hydrogen-bond donors (Lipinski definition) is 0. The zero-order valence-electron chi connectivity index (χ0n) is 20.3. The molecule has 1 aromatic carbocycles. The van der Waals surface area contributed by atoms with Gasteiger partial charge in [-0.3, -0.25) is 4.79 Å². The lowest BCUT2D eigenvalue weighted by molar-refractivity contribution is -0.152. The van der Waals surface area contributed by atoms with Crippen LogP contribution in [0.2, 0.25) is 0 Å². The van der Waals surface area contributed by atoms with Crippen molar-refractivity contribution in [2.24, 2.45) is 0 Å². The molecule has 0 bridgehead atoms. The number of cyclic esters (lactones) is 1. The third-order valence-electron chi connectivity index (χ3n) is 5.66. The first-order chi connectivity index (χ1) is 16.0. The SMILES string of the molecule is COCOc1cc(OC)cc2c1C(=O)OC(C)C(C)(F)/C=C\C(=O)C1OC(C)(C)OC1CC=C2. The zero-order valence-corrected chi connectivity index (χ0v) is 20.3. The minimum atomic E-state index is -2.13. The number of carbonyl (C=O) groups excluding carboxylic acids is 2. The van der Waals surface area contributed by atoms with Gasteiger partial charge in [0.15, 0.2) is 24.0 Å². The number of ether oxygens (including phenoxy) is 6. The van der Waals surface area contributed by atoms with Crippen LogP contribution in [0, 0.1) is 0 Å². The van der Waals surface area contributed by atoms with E-state index in [2.05, 4.69) is 0 Å². The molecular formula is C25H31FO8. The highest BCUT2D eigenvalue weighted by molar-refractivity contribution is 5.97. The topological polar surface area (TPSA) is 89.5 Å². The average molecular weight is 479 g/mol. The van der Waals surface area contributed by atoms with E-state index in [4.69, 9.17) is 28.4 Å². The highest BCUT2D eigenvalue weighted by atomic mass is 19.1. The van der Waals surface area contributed by atoms with Crippen LogP contribution in [0.4, 0.5) is 4.39 Å². The molecule has 8 nitrogen and oxygen atoms in total. The van der Waals surface area contributed by atoms with Gasteiger partial charge in [-0.1, -0.05) is 12.2 Å². The number of rotatable bonds is 4. The fraction of sp³-hybridized carbons (Fsp3) is 0.520. The normalized spacial score (nSPS) is 30.0. The number of esters is 1. The maximum atomic E-state index is 15.4. The number of methoxy groups -OCH3 is 2. The molecule has 2 heterocycles. The summed E-state index contributed by atoms with van der Waals surface area (Å²) in [7, 11) is 2.93. The van der Waals surface area contributed by atoms with Crippen LogP contribution in [-0.4, -0.2) is 62.5 Å². The lowest BCUT2D eigenvalue weighted by Gasteiger charge is -2.25. The van der Waals surface area contributed by atoms with Crippen molar-refractivity contribution in [3.8, 4) is 11.5 Å². The monoisotopic (exact) mass is 478 g/mol. The Labute approximate surface area is 198 Å². The molecule has 34 heavy (non-hydrogen) atoms. The van der Waals surface area contributed by atoms with Gasteiger partial charge in [0.05, 0.1) is 13.2 Å². The Balaban J connectivity index is 2.11. The van der Waals surface area contributed by atoms with E-state index < -0.39 is 41.5 Å². The van der Waals surface area contributed by atoms with E-state index in [9.17, 15) is 9.59 Å². The van der Waals surface area contributed by atoms with Crippen molar-refractivity contribution in [1.82, 2.24) is 0 Å². The van der Waals surface area contributed by atoms with Crippen LogP contribution < -0.4 is 9.47 Å². The van der Waals surface area contributed by atoms with Gasteiger partial charge in [-0.25, -0.2) is 9.18 Å². The molecule has 3 rings (SSSR count). The molecule has 0 aromatic heterocycles. The quantitative estimate of drug-likeness (QED) is 0.474. The van der Waals surface area contributed by atoms with Gasteiger partial charge in [-0.2, -0.15) is 0 Å².